The Morgan fingerprint density at radius 3 is 2.43 bits per heavy atom. The van der Waals surface area contributed by atoms with Crippen molar-refractivity contribution < 1.29 is 9.53 Å². The smallest absolute Gasteiger partial charge is 0.306 e. The average molecular weight is 218 g/mol. The SMILES string of the molecule is CC(C)CCCC(C)OC(=O)CCS. The van der Waals surface area contributed by atoms with Gasteiger partial charge in [-0.1, -0.05) is 20.3 Å². The number of carbonyl (C=O) groups excluding carboxylic acids is 1. The van der Waals surface area contributed by atoms with Gasteiger partial charge in [0.05, 0.1) is 12.5 Å². The third kappa shape index (κ3) is 8.42. The van der Waals surface area contributed by atoms with Crippen LogP contribution < -0.4 is 0 Å². The summed E-state index contributed by atoms with van der Waals surface area (Å²) in [5.41, 5.74) is 0. The quantitative estimate of drug-likeness (QED) is 0.525. The maximum Gasteiger partial charge on any atom is 0.306 e. The first-order valence-corrected chi connectivity index (χ1v) is 5.99. The van der Waals surface area contributed by atoms with E-state index in [0.29, 0.717) is 12.2 Å². The second-order valence-corrected chi connectivity index (χ2v) is 4.55. The van der Waals surface area contributed by atoms with Gasteiger partial charge < -0.3 is 4.74 Å². The molecule has 2 nitrogen and oxygen atoms in total. The molecule has 0 aromatic heterocycles. The van der Waals surface area contributed by atoms with E-state index in [1.807, 2.05) is 6.92 Å². The summed E-state index contributed by atoms with van der Waals surface area (Å²) in [7, 11) is 0. The molecular formula is C11H22O2S. The zero-order chi connectivity index (χ0) is 11.0. The van der Waals surface area contributed by atoms with Gasteiger partial charge in [0.25, 0.3) is 0 Å². The Bertz CT molecular complexity index is 157. The third-order valence-electron chi connectivity index (χ3n) is 2.04. The normalized spacial score (nSPS) is 12.9. The predicted octanol–water partition coefficient (Wildman–Crippen LogP) is 3.06. The molecule has 0 aromatic carbocycles. The standard InChI is InChI=1S/C11H22O2S/c1-9(2)5-4-6-10(3)13-11(12)7-8-14/h9-10,14H,4-8H2,1-3H3. The van der Waals surface area contributed by atoms with Gasteiger partial charge in [-0.3, -0.25) is 4.79 Å². The van der Waals surface area contributed by atoms with Crippen LogP contribution in [0.1, 0.15) is 46.5 Å². The van der Waals surface area contributed by atoms with E-state index in [4.69, 9.17) is 4.74 Å². The molecule has 0 spiro atoms. The summed E-state index contributed by atoms with van der Waals surface area (Å²) in [4.78, 5) is 11.1. The molecule has 0 aliphatic rings. The van der Waals surface area contributed by atoms with Crippen molar-refractivity contribution in [2.75, 3.05) is 5.75 Å². The minimum Gasteiger partial charge on any atom is -0.463 e. The van der Waals surface area contributed by atoms with Gasteiger partial charge in [0, 0.05) is 5.75 Å². The number of esters is 1. The average Bonchev–Trinajstić information content (AvgIpc) is 2.03. The van der Waals surface area contributed by atoms with Crippen LogP contribution in [0, 0.1) is 5.92 Å². The van der Waals surface area contributed by atoms with Crippen LogP contribution in [0.4, 0.5) is 0 Å². The van der Waals surface area contributed by atoms with Crippen molar-refractivity contribution in [2.45, 2.75) is 52.6 Å². The summed E-state index contributed by atoms with van der Waals surface area (Å²) in [6, 6.07) is 0. The molecule has 0 aliphatic heterocycles. The zero-order valence-electron chi connectivity index (χ0n) is 9.45. The summed E-state index contributed by atoms with van der Waals surface area (Å²) in [6.45, 7) is 6.37. The molecule has 0 saturated heterocycles. The Kier molecular flexibility index (Phi) is 8.05. The molecular weight excluding hydrogens is 196 g/mol. The van der Waals surface area contributed by atoms with Crippen LogP contribution in [0.5, 0.6) is 0 Å². The van der Waals surface area contributed by atoms with Crippen LogP contribution in [-0.4, -0.2) is 17.8 Å². The van der Waals surface area contributed by atoms with Crippen molar-refractivity contribution in [2.24, 2.45) is 5.92 Å². The van der Waals surface area contributed by atoms with E-state index in [1.54, 1.807) is 0 Å². The van der Waals surface area contributed by atoms with Crippen molar-refractivity contribution in [1.29, 1.82) is 0 Å². The van der Waals surface area contributed by atoms with Gasteiger partial charge in [-0.15, -0.1) is 0 Å². The summed E-state index contributed by atoms with van der Waals surface area (Å²) < 4.78 is 5.18. The Morgan fingerprint density at radius 1 is 1.29 bits per heavy atom. The van der Waals surface area contributed by atoms with Gasteiger partial charge in [0.2, 0.25) is 0 Å². The largest absolute Gasteiger partial charge is 0.463 e. The molecule has 0 aliphatic carbocycles. The summed E-state index contributed by atoms with van der Waals surface area (Å²) in [5.74, 6) is 1.17. The molecule has 0 saturated carbocycles. The molecule has 84 valence electrons. The van der Waals surface area contributed by atoms with E-state index in [2.05, 4.69) is 26.5 Å². The van der Waals surface area contributed by atoms with Crippen LogP contribution >= 0.6 is 12.6 Å². The molecule has 14 heavy (non-hydrogen) atoms. The minimum absolute atomic E-state index is 0.0566. The van der Waals surface area contributed by atoms with Crippen LogP contribution in [0.2, 0.25) is 0 Å². The van der Waals surface area contributed by atoms with E-state index in [1.165, 1.54) is 6.42 Å². The monoisotopic (exact) mass is 218 g/mol. The van der Waals surface area contributed by atoms with Crippen molar-refractivity contribution >= 4 is 18.6 Å². The molecule has 1 unspecified atom stereocenters. The maximum atomic E-state index is 11.1. The Hall–Kier alpha value is -0.180. The first-order chi connectivity index (χ1) is 6.56. The highest BCUT2D eigenvalue weighted by Crippen LogP contribution is 2.10. The molecule has 0 amide bonds. The maximum absolute atomic E-state index is 11.1. The summed E-state index contributed by atoms with van der Waals surface area (Å²) in [6.07, 6.45) is 3.77. The molecule has 3 heteroatoms. The molecule has 0 radical (unpaired) electrons. The van der Waals surface area contributed by atoms with Crippen molar-refractivity contribution in [3.05, 3.63) is 0 Å². The second-order valence-electron chi connectivity index (χ2n) is 4.10. The summed E-state index contributed by atoms with van der Waals surface area (Å²) >= 11 is 3.98. The second kappa shape index (κ2) is 8.16. The van der Waals surface area contributed by atoms with Crippen molar-refractivity contribution in [3.63, 3.8) is 0 Å². The van der Waals surface area contributed by atoms with Gasteiger partial charge in [-0.2, -0.15) is 12.6 Å². The third-order valence-corrected chi connectivity index (χ3v) is 2.26. The lowest BCUT2D eigenvalue weighted by atomic mass is 10.0. The number of thiol groups is 1. The zero-order valence-corrected chi connectivity index (χ0v) is 10.3. The van der Waals surface area contributed by atoms with Crippen LogP contribution in [0.15, 0.2) is 0 Å². The fourth-order valence-electron chi connectivity index (χ4n) is 1.25. The Labute approximate surface area is 92.8 Å². The van der Waals surface area contributed by atoms with Gasteiger partial charge in [0.1, 0.15) is 0 Å². The fraction of sp³-hybridized carbons (Fsp3) is 0.909. The van der Waals surface area contributed by atoms with E-state index in [-0.39, 0.29) is 12.1 Å². The lowest BCUT2D eigenvalue weighted by molar-refractivity contribution is -0.148. The molecule has 0 fully saturated rings. The topological polar surface area (TPSA) is 26.3 Å². The highest BCUT2D eigenvalue weighted by molar-refractivity contribution is 7.80. The first kappa shape index (κ1) is 13.8. The molecule has 0 heterocycles. The lowest BCUT2D eigenvalue weighted by Crippen LogP contribution is -2.15. The van der Waals surface area contributed by atoms with Crippen molar-refractivity contribution in [3.8, 4) is 0 Å². The minimum atomic E-state index is -0.128. The molecule has 0 aromatic rings. The molecule has 0 bridgehead atoms. The Morgan fingerprint density at radius 2 is 1.93 bits per heavy atom. The van der Waals surface area contributed by atoms with E-state index >= 15 is 0 Å². The van der Waals surface area contributed by atoms with E-state index in [0.717, 1.165) is 18.8 Å². The molecule has 0 N–H and O–H groups in total. The van der Waals surface area contributed by atoms with Gasteiger partial charge in [-0.05, 0) is 25.7 Å². The summed E-state index contributed by atoms with van der Waals surface area (Å²) in [5, 5.41) is 0. The van der Waals surface area contributed by atoms with Crippen LogP contribution in [0.3, 0.4) is 0 Å². The van der Waals surface area contributed by atoms with Crippen LogP contribution in [0.25, 0.3) is 0 Å². The number of hydrogen-bond donors (Lipinski definition) is 1. The number of carbonyl (C=O) groups is 1. The van der Waals surface area contributed by atoms with E-state index in [9.17, 15) is 4.79 Å². The van der Waals surface area contributed by atoms with Crippen molar-refractivity contribution in [1.82, 2.24) is 0 Å². The highest BCUT2D eigenvalue weighted by Gasteiger charge is 2.08. The highest BCUT2D eigenvalue weighted by atomic mass is 32.1. The van der Waals surface area contributed by atoms with E-state index < -0.39 is 0 Å². The fourth-order valence-corrected chi connectivity index (χ4v) is 1.43. The lowest BCUT2D eigenvalue weighted by Gasteiger charge is -2.13. The van der Waals surface area contributed by atoms with Crippen LogP contribution in [-0.2, 0) is 9.53 Å². The number of ether oxygens (including phenoxy) is 1. The molecule has 0 rings (SSSR count). The van der Waals surface area contributed by atoms with Gasteiger partial charge in [0.15, 0.2) is 0 Å². The number of rotatable bonds is 7. The van der Waals surface area contributed by atoms with Gasteiger partial charge in [-0.25, -0.2) is 0 Å². The first-order valence-electron chi connectivity index (χ1n) is 5.36. The number of hydrogen-bond acceptors (Lipinski definition) is 3. The Balaban J connectivity index is 3.44. The predicted molar refractivity (Wildman–Crippen MR) is 62.7 cm³/mol. The van der Waals surface area contributed by atoms with Gasteiger partial charge >= 0.3 is 5.97 Å². The molecule has 1 atom stereocenters.